The number of hydrogen-bond acceptors (Lipinski definition) is 7. The summed E-state index contributed by atoms with van der Waals surface area (Å²) in [7, 11) is -3.81. The van der Waals surface area contributed by atoms with Crippen molar-refractivity contribution < 1.29 is 27.8 Å². The molecule has 26 heavy (non-hydrogen) atoms. The van der Waals surface area contributed by atoms with E-state index in [0.717, 1.165) is 17.2 Å². The molecule has 0 bridgehead atoms. The zero-order valence-corrected chi connectivity index (χ0v) is 15.7. The smallest absolute Gasteiger partial charge is 0.358 e. The summed E-state index contributed by atoms with van der Waals surface area (Å²) in [6.45, 7) is 3.40. The molecule has 9 nitrogen and oxygen atoms in total. The first-order valence-electron chi connectivity index (χ1n) is 8.54. The van der Waals surface area contributed by atoms with E-state index in [2.05, 4.69) is 0 Å². The van der Waals surface area contributed by atoms with E-state index in [1.54, 1.807) is 13.8 Å². The van der Waals surface area contributed by atoms with Crippen LogP contribution in [0.5, 0.6) is 0 Å². The van der Waals surface area contributed by atoms with Gasteiger partial charge in [0.2, 0.25) is 5.82 Å². The standard InChI is InChI=1S/C15H24FN2O7P/c1-3-24-26(22,25-4-2)13(19)7-8-17-14(20)11(16)10-18(15(17)21)12-6-5-9-23-12/h10,12-13,19H,3-9H2,1-2H3/t12-,13-/m1/s1. The Balaban J connectivity index is 2.24. The van der Waals surface area contributed by atoms with Crippen LogP contribution in [0.1, 0.15) is 39.3 Å². The summed E-state index contributed by atoms with van der Waals surface area (Å²) >= 11 is 0. The molecule has 2 atom stereocenters. The van der Waals surface area contributed by atoms with Crippen molar-refractivity contribution in [2.75, 3.05) is 19.8 Å². The molecule has 0 aliphatic carbocycles. The lowest BCUT2D eigenvalue weighted by Crippen LogP contribution is -2.43. The molecule has 1 aliphatic rings. The predicted molar refractivity (Wildman–Crippen MR) is 90.6 cm³/mol. The maximum Gasteiger partial charge on any atom is 0.358 e. The van der Waals surface area contributed by atoms with Crippen molar-refractivity contribution in [3.05, 3.63) is 32.9 Å². The monoisotopic (exact) mass is 394 g/mol. The maximum atomic E-state index is 14.0. The van der Waals surface area contributed by atoms with Crippen LogP contribution in [0.15, 0.2) is 15.8 Å². The summed E-state index contributed by atoms with van der Waals surface area (Å²) in [4.78, 5) is 24.5. The molecule has 0 unspecified atom stereocenters. The highest BCUT2D eigenvalue weighted by Crippen LogP contribution is 2.53. The number of aliphatic hydroxyl groups excluding tert-OH is 1. The molecule has 2 rings (SSSR count). The van der Waals surface area contributed by atoms with Crippen molar-refractivity contribution in [3.8, 4) is 0 Å². The van der Waals surface area contributed by atoms with E-state index in [1.807, 2.05) is 0 Å². The van der Waals surface area contributed by atoms with E-state index in [1.165, 1.54) is 0 Å². The molecular weight excluding hydrogens is 370 g/mol. The Kier molecular flexibility index (Phi) is 7.31. The fourth-order valence-electron chi connectivity index (χ4n) is 2.74. The molecule has 1 saturated heterocycles. The minimum Gasteiger partial charge on any atom is -0.380 e. The Bertz CT molecular complexity index is 762. The highest BCUT2D eigenvalue weighted by Gasteiger charge is 2.34. The first-order valence-corrected chi connectivity index (χ1v) is 10.1. The van der Waals surface area contributed by atoms with Crippen LogP contribution in [0.25, 0.3) is 0 Å². The Labute approximate surface area is 149 Å². The number of rotatable bonds is 9. The first-order chi connectivity index (χ1) is 12.3. The van der Waals surface area contributed by atoms with E-state index < -0.39 is 36.7 Å². The van der Waals surface area contributed by atoms with Crippen molar-refractivity contribution in [1.29, 1.82) is 0 Å². The van der Waals surface area contributed by atoms with E-state index >= 15 is 0 Å². The maximum absolute atomic E-state index is 14.0. The molecule has 1 aromatic heterocycles. The lowest BCUT2D eigenvalue weighted by Gasteiger charge is -2.22. The number of halogens is 1. The second-order valence-electron chi connectivity index (χ2n) is 5.74. The van der Waals surface area contributed by atoms with Crippen LogP contribution in [0.2, 0.25) is 0 Å². The van der Waals surface area contributed by atoms with Crippen molar-refractivity contribution in [2.24, 2.45) is 0 Å². The lowest BCUT2D eigenvalue weighted by atomic mass is 10.3. The molecule has 1 aliphatic heterocycles. The molecule has 2 heterocycles. The van der Waals surface area contributed by atoms with Gasteiger partial charge in [-0.1, -0.05) is 0 Å². The first kappa shape index (κ1) is 21.0. The summed E-state index contributed by atoms with van der Waals surface area (Å²) in [6, 6.07) is 0. The topological polar surface area (TPSA) is 109 Å². The van der Waals surface area contributed by atoms with Gasteiger partial charge < -0.3 is 18.9 Å². The van der Waals surface area contributed by atoms with Crippen molar-refractivity contribution >= 4 is 7.60 Å². The number of hydrogen-bond donors (Lipinski definition) is 1. The largest absolute Gasteiger partial charge is 0.380 e. The highest BCUT2D eigenvalue weighted by atomic mass is 31.2. The van der Waals surface area contributed by atoms with E-state index in [0.29, 0.717) is 17.6 Å². The van der Waals surface area contributed by atoms with Crippen molar-refractivity contribution in [2.45, 2.75) is 51.7 Å². The van der Waals surface area contributed by atoms with Gasteiger partial charge in [-0.15, -0.1) is 0 Å². The average Bonchev–Trinajstić information content (AvgIpc) is 3.12. The van der Waals surface area contributed by atoms with E-state index in [9.17, 15) is 23.7 Å². The van der Waals surface area contributed by atoms with Gasteiger partial charge in [0.25, 0.3) is 5.56 Å². The van der Waals surface area contributed by atoms with Gasteiger partial charge in [-0.05, 0) is 26.7 Å². The summed E-state index contributed by atoms with van der Waals surface area (Å²) in [5.41, 5.74) is -1.86. The molecule has 1 fully saturated rings. The van der Waals surface area contributed by atoms with Gasteiger partial charge in [-0.3, -0.25) is 18.5 Å². The van der Waals surface area contributed by atoms with Crippen LogP contribution < -0.4 is 11.2 Å². The predicted octanol–water partition coefficient (Wildman–Crippen LogP) is 1.43. The second-order valence-corrected chi connectivity index (χ2v) is 7.93. The fraction of sp³-hybridized carbons (Fsp3) is 0.733. The molecule has 0 amide bonds. The van der Waals surface area contributed by atoms with Crippen LogP contribution >= 0.6 is 7.60 Å². The molecule has 148 valence electrons. The summed E-state index contributed by atoms with van der Waals surface area (Å²) in [5, 5.41) is 10.2. The van der Waals surface area contributed by atoms with Gasteiger partial charge in [0, 0.05) is 19.6 Å². The van der Waals surface area contributed by atoms with Crippen molar-refractivity contribution in [3.63, 3.8) is 0 Å². The molecule has 0 spiro atoms. The van der Waals surface area contributed by atoms with Crippen LogP contribution in [0.4, 0.5) is 4.39 Å². The number of nitrogens with zero attached hydrogens (tertiary/aromatic N) is 2. The molecule has 1 aromatic rings. The summed E-state index contributed by atoms with van der Waals surface area (Å²) < 4.78 is 43.5. The van der Waals surface area contributed by atoms with Crippen LogP contribution in [0, 0.1) is 5.82 Å². The highest BCUT2D eigenvalue weighted by molar-refractivity contribution is 7.54. The minimum atomic E-state index is -3.81. The Morgan fingerprint density at radius 1 is 1.38 bits per heavy atom. The van der Waals surface area contributed by atoms with Gasteiger partial charge in [-0.25, -0.2) is 4.79 Å². The molecule has 0 saturated carbocycles. The normalized spacial score (nSPS) is 19.0. The lowest BCUT2D eigenvalue weighted by molar-refractivity contribution is 0.0500. The molecule has 1 N–H and O–H groups in total. The average molecular weight is 394 g/mol. The Morgan fingerprint density at radius 3 is 2.58 bits per heavy atom. The molecule has 0 aromatic carbocycles. The molecular formula is C15H24FN2O7P. The third kappa shape index (κ3) is 4.50. The Morgan fingerprint density at radius 2 is 2.04 bits per heavy atom. The summed E-state index contributed by atoms with van der Waals surface area (Å²) in [6.07, 6.45) is 1.18. The van der Waals surface area contributed by atoms with Gasteiger partial charge in [0.15, 0.2) is 5.85 Å². The quantitative estimate of drug-likeness (QED) is 0.631. The third-order valence-corrected chi connectivity index (χ3v) is 6.19. The van der Waals surface area contributed by atoms with Crippen LogP contribution in [0.3, 0.4) is 0 Å². The fourth-order valence-corrected chi connectivity index (χ4v) is 4.31. The van der Waals surface area contributed by atoms with Crippen LogP contribution in [-0.4, -0.2) is 39.9 Å². The van der Waals surface area contributed by atoms with E-state index in [-0.39, 0.29) is 26.2 Å². The summed E-state index contributed by atoms with van der Waals surface area (Å²) in [5.74, 6) is -2.65. The molecule has 11 heteroatoms. The molecule has 0 radical (unpaired) electrons. The van der Waals surface area contributed by atoms with Gasteiger partial charge in [-0.2, -0.15) is 4.39 Å². The van der Waals surface area contributed by atoms with Gasteiger partial charge in [0.05, 0.1) is 19.4 Å². The number of ether oxygens (including phenoxy) is 1. The van der Waals surface area contributed by atoms with Crippen LogP contribution in [-0.2, 0) is 24.9 Å². The Hall–Kier alpha value is -1.32. The minimum absolute atomic E-state index is 0.0556. The third-order valence-electron chi connectivity index (χ3n) is 3.96. The van der Waals surface area contributed by atoms with Crippen molar-refractivity contribution in [1.82, 2.24) is 9.13 Å². The van der Waals surface area contributed by atoms with E-state index in [4.69, 9.17) is 13.8 Å². The SMILES string of the molecule is CCOP(=O)(OCC)[C@@H](O)CCn1c(=O)c(F)cn([C@H]2CCCO2)c1=O. The number of aromatic nitrogens is 2. The zero-order chi connectivity index (χ0) is 19.3. The zero-order valence-electron chi connectivity index (χ0n) is 14.8. The second kappa shape index (κ2) is 9.05. The van der Waals surface area contributed by atoms with Gasteiger partial charge >= 0.3 is 13.3 Å². The number of aliphatic hydroxyl groups is 1. The van der Waals surface area contributed by atoms with Gasteiger partial charge in [0.1, 0.15) is 6.23 Å².